The van der Waals surface area contributed by atoms with Crippen molar-refractivity contribution in [2.45, 2.75) is 11.4 Å². The first-order valence-electron chi connectivity index (χ1n) is 5.05. The zero-order chi connectivity index (χ0) is 12.4. The largest absolute Gasteiger partial charge is 0.332 e. The van der Waals surface area contributed by atoms with Crippen LogP contribution >= 0.6 is 44.1 Å². The van der Waals surface area contributed by atoms with E-state index < -0.39 is 0 Å². The van der Waals surface area contributed by atoms with Gasteiger partial charge in [0.2, 0.25) is 0 Å². The fourth-order valence-corrected chi connectivity index (χ4v) is 2.37. The van der Waals surface area contributed by atoms with Crippen molar-refractivity contribution in [3.8, 4) is 0 Å². The maximum Gasteiger partial charge on any atom is 0.262 e. The highest BCUT2D eigenvalue weighted by Crippen LogP contribution is 2.09. The van der Waals surface area contributed by atoms with Crippen LogP contribution in [-0.4, -0.2) is 19.7 Å². The summed E-state index contributed by atoms with van der Waals surface area (Å²) in [4.78, 5) is 15.5. The van der Waals surface area contributed by atoms with Gasteiger partial charge in [0.1, 0.15) is 0 Å². The van der Waals surface area contributed by atoms with Gasteiger partial charge in [-0.25, -0.2) is 0 Å². The van der Waals surface area contributed by atoms with Gasteiger partial charge in [-0.05, 0) is 24.4 Å². The number of hydrogen-bond donors (Lipinski definition) is 1. The predicted molar refractivity (Wildman–Crippen MR) is 79.9 cm³/mol. The Morgan fingerprint density at radius 1 is 1.41 bits per heavy atom. The number of benzene rings is 1. The smallest absolute Gasteiger partial charge is 0.262 e. The van der Waals surface area contributed by atoms with E-state index in [2.05, 4.69) is 36.8 Å². The number of nitrogens with zero attached hydrogens (tertiary/aromatic N) is 1. The second kappa shape index (κ2) is 5.46. The molecule has 1 unspecified atom stereocenters. The van der Waals surface area contributed by atoms with Crippen molar-refractivity contribution in [1.29, 1.82) is 0 Å². The molecule has 0 aliphatic carbocycles. The molecule has 17 heavy (non-hydrogen) atoms. The van der Waals surface area contributed by atoms with E-state index in [0.29, 0.717) is 16.7 Å². The van der Waals surface area contributed by atoms with E-state index in [1.807, 2.05) is 18.2 Å². The van der Waals surface area contributed by atoms with E-state index >= 15 is 0 Å². The van der Waals surface area contributed by atoms with Crippen LogP contribution < -0.4 is 5.56 Å². The molecule has 90 valence electrons. The molecule has 2 aromatic rings. The van der Waals surface area contributed by atoms with Crippen molar-refractivity contribution >= 4 is 55.0 Å². The zero-order valence-electron chi connectivity index (χ0n) is 8.82. The Bertz CT molecular complexity index is 650. The minimum atomic E-state index is -0.0465. The van der Waals surface area contributed by atoms with Crippen LogP contribution in [0.2, 0.25) is 0 Å². The topological polar surface area (TPSA) is 37.8 Å². The lowest BCUT2D eigenvalue weighted by atomic mass is 10.2. The molecule has 0 aliphatic rings. The maximum atomic E-state index is 12.2. The van der Waals surface area contributed by atoms with Crippen molar-refractivity contribution in [3.63, 3.8) is 0 Å². The minimum Gasteiger partial charge on any atom is -0.332 e. The summed E-state index contributed by atoms with van der Waals surface area (Å²) in [5.74, 6) is 0. The summed E-state index contributed by atoms with van der Waals surface area (Å²) in [6, 6.07) is 7.38. The number of halogens is 2. The Morgan fingerprint density at radius 3 is 2.82 bits per heavy atom. The fraction of sp³-hybridized carbons (Fsp3) is 0.273. The van der Waals surface area contributed by atoms with Gasteiger partial charge in [0, 0.05) is 16.7 Å². The molecule has 0 saturated carbocycles. The van der Waals surface area contributed by atoms with Crippen LogP contribution in [0.5, 0.6) is 0 Å². The van der Waals surface area contributed by atoms with Gasteiger partial charge < -0.3 is 4.98 Å². The lowest BCUT2D eigenvalue weighted by Crippen LogP contribution is -2.26. The first-order chi connectivity index (χ1) is 8.13. The molecule has 0 fully saturated rings. The van der Waals surface area contributed by atoms with Gasteiger partial charge in [-0.1, -0.05) is 44.0 Å². The van der Waals surface area contributed by atoms with Crippen LogP contribution in [0.1, 0.15) is 0 Å². The highest BCUT2D eigenvalue weighted by molar-refractivity contribution is 9.12. The van der Waals surface area contributed by atoms with Gasteiger partial charge in [0.25, 0.3) is 5.56 Å². The second-order valence-electron chi connectivity index (χ2n) is 3.64. The summed E-state index contributed by atoms with van der Waals surface area (Å²) in [6.45, 7) is 0.546. The van der Waals surface area contributed by atoms with Crippen LogP contribution in [0.4, 0.5) is 0 Å². The molecule has 3 nitrogen and oxygen atoms in total. The Morgan fingerprint density at radius 2 is 2.12 bits per heavy atom. The average Bonchev–Trinajstić information content (AvgIpc) is 2.34. The number of para-hydroxylation sites is 1. The van der Waals surface area contributed by atoms with Gasteiger partial charge in [0.15, 0.2) is 4.77 Å². The molecule has 1 atom stereocenters. The predicted octanol–water partition coefficient (Wildman–Crippen LogP) is 3.22. The molecule has 1 N–H and O–H groups in total. The third-order valence-electron chi connectivity index (χ3n) is 2.44. The molecule has 1 heterocycles. The minimum absolute atomic E-state index is 0.0465. The summed E-state index contributed by atoms with van der Waals surface area (Å²) in [7, 11) is 0. The molecule has 0 radical (unpaired) electrons. The number of rotatable bonds is 3. The van der Waals surface area contributed by atoms with Crippen molar-refractivity contribution in [2.75, 3.05) is 5.33 Å². The lowest BCUT2D eigenvalue weighted by Gasteiger charge is -2.10. The Kier molecular flexibility index (Phi) is 4.17. The molecule has 0 amide bonds. The van der Waals surface area contributed by atoms with E-state index in [1.165, 1.54) is 0 Å². The molecule has 6 heteroatoms. The Balaban J connectivity index is 2.64. The molecule has 0 aliphatic heterocycles. The van der Waals surface area contributed by atoms with Crippen molar-refractivity contribution in [3.05, 3.63) is 39.4 Å². The third kappa shape index (κ3) is 2.69. The van der Waals surface area contributed by atoms with E-state index in [0.717, 1.165) is 10.8 Å². The molecule has 1 aromatic carbocycles. The summed E-state index contributed by atoms with van der Waals surface area (Å²) in [5.41, 5.74) is 0.735. The molecular weight excluding hydrogens is 368 g/mol. The highest BCUT2D eigenvalue weighted by Gasteiger charge is 2.09. The van der Waals surface area contributed by atoms with Gasteiger partial charge in [0.05, 0.1) is 10.9 Å². The quantitative estimate of drug-likeness (QED) is 0.658. The summed E-state index contributed by atoms with van der Waals surface area (Å²) in [6.07, 6.45) is 0. The summed E-state index contributed by atoms with van der Waals surface area (Å²) in [5, 5.41) is 1.43. The van der Waals surface area contributed by atoms with Crippen LogP contribution in [0, 0.1) is 4.77 Å². The summed E-state index contributed by atoms with van der Waals surface area (Å²) < 4.78 is 2.04. The van der Waals surface area contributed by atoms with Crippen LogP contribution in [0.25, 0.3) is 10.9 Å². The first-order valence-corrected chi connectivity index (χ1v) is 7.50. The van der Waals surface area contributed by atoms with Gasteiger partial charge in [-0.2, -0.15) is 0 Å². The monoisotopic (exact) mass is 376 g/mol. The number of aromatic amines is 1. The Labute approximate surface area is 120 Å². The number of fused-ring (bicyclic) bond motifs is 1. The standard InChI is InChI=1S/C11H10Br2N2OS/c12-5-7(13)6-15-10(16)8-3-1-2-4-9(8)14-11(15)17/h1-4,7H,5-6H2,(H,14,17). The maximum absolute atomic E-state index is 12.2. The lowest BCUT2D eigenvalue weighted by molar-refractivity contribution is 0.660. The van der Waals surface area contributed by atoms with E-state index in [1.54, 1.807) is 10.6 Å². The van der Waals surface area contributed by atoms with Crippen molar-refractivity contribution < 1.29 is 0 Å². The van der Waals surface area contributed by atoms with Gasteiger partial charge >= 0.3 is 0 Å². The molecule has 1 aromatic heterocycles. The average molecular weight is 378 g/mol. The number of H-pyrrole nitrogens is 1. The zero-order valence-corrected chi connectivity index (χ0v) is 12.8. The molecular formula is C11H10Br2N2OS. The highest BCUT2D eigenvalue weighted by atomic mass is 79.9. The fourth-order valence-electron chi connectivity index (χ4n) is 1.61. The SMILES string of the molecule is O=c1c2ccccc2[nH]c(=S)n1CC(Br)CBr. The van der Waals surface area contributed by atoms with E-state index in [-0.39, 0.29) is 10.4 Å². The third-order valence-corrected chi connectivity index (χ3v) is 5.02. The van der Waals surface area contributed by atoms with Crippen LogP contribution in [-0.2, 0) is 6.54 Å². The van der Waals surface area contributed by atoms with Crippen molar-refractivity contribution in [1.82, 2.24) is 9.55 Å². The van der Waals surface area contributed by atoms with E-state index in [9.17, 15) is 4.79 Å². The van der Waals surface area contributed by atoms with Crippen LogP contribution in [0.3, 0.4) is 0 Å². The normalized spacial score (nSPS) is 12.8. The van der Waals surface area contributed by atoms with Gasteiger partial charge in [-0.3, -0.25) is 9.36 Å². The molecule has 0 spiro atoms. The Hall–Kier alpha value is -0.460. The summed E-state index contributed by atoms with van der Waals surface area (Å²) >= 11 is 12.0. The van der Waals surface area contributed by atoms with E-state index in [4.69, 9.17) is 12.2 Å². The van der Waals surface area contributed by atoms with Crippen LogP contribution in [0.15, 0.2) is 29.1 Å². The number of nitrogens with one attached hydrogen (secondary N) is 1. The molecule has 0 bridgehead atoms. The number of aromatic nitrogens is 2. The molecule has 0 saturated heterocycles. The first kappa shape index (κ1) is 13.0. The molecule has 2 rings (SSSR count). The van der Waals surface area contributed by atoms with Crippen molar-refractivity contribution in [2.24, 2.45) is 0 Å². The second-order valence-corrected chi connectivity index (χ2v) is 5.97. The number of hydrogen-bond acceptors (Lipinski definition) is 2. The van der Waals surface area contributed by atoms with Gasteiger partial charge in [-0.15, -0.1) is 0 Å². The number of alkyl halides is 2.